The van der Waals surface area contributed by atoms with Crippen molar-refractivity contribution in [3.63, 3.8) is 0 Å². The van der Waals surface area contributed by atoms with Gasteiger partial charge in [0.2, 0.25) is 11.8 Å². The van der Waals surface area contributed by atoms with Crippen molar-refractivity contribution in [3.05, 3.63) is 99.6 Å². The Labute approximate surface area is 167 Å². The average molecular weight is 388 g/mol. The van der Waals surface area contributed by atoms with E-state index in [2.05, 4.69) is 9.97 Å². The van der Waals surface area contributed by atoms with Gasteiger partial charge in [-0.1, -0.05) is 54.6 Å². The van der Waals surface area contributed by atoms with Gasteiger partial charge >= 0.3 is 5.76 Å². The molecule has 0 aliphatic carbocycles. The molecule has 6 heteroatoms. The lowest BCUT2D eigenvalue weighted by atomic mass is 10.1. The number of aromatic hydroxyl groups is 1. The van der Waals surface area contributed by atoms with E-state index in [1.54, 1.807) is 0 Å². The molecule has 0 aliphatic rings. The molecular weight excluding hydrogens is 368 g/mol. The molecule has 0 fully saturated rings. The molecule has 4 aromatic rings. The van der Waals surface area contributed by atoms with Gasteiger partial charge in [-0.05, 0) is 30.2 Å². The Bertz CT molecular complexity index is 1180. The van der Waals surface area contributed by atoms with Gasteiger partial charge in [0.25, 0.3) is 0 Å². The first-order valence-electron chi connectivity index (χ1n) is 9.26. The lowest BCUT2D eigenvalue weighted by Crippen LogP contribution is -1.93. The minimum atomic E-state index is -0.657. The van der Waals surface area contributed by atoms with Gasteiger partial charge in [0, 0.05) is 18.4 Å². The molecule has 0 saturated heterocycles. The second-order valence-corrected chi connectivity index (χ2v) is 6.70. The number of aromatic nitrogens is 2. The summed E-state index contributed by atoms with van der Waals surface area (Å²) in [6.45, 7) is 1.92. The third kappa shape index (κ3) is 4.38. The molecule has 2 aromatic heterocycles. The van der Waals surface area contributed by atoms with Crippen molar-refractivity contribution < 1.29 is 13.9 Å². The predicted octanol–water partition coefficient (Wildman–Crippen LogP) is 4.48. The van der Waals surface area contributed by atoms with Crippen LogP contribution >= 0.6 is 0 Å². The van der Waals surface area contributed by atoms with Crippen LogP contribution in [0.25, 0.3) is 17.5 Å². The molecule has 2 aromatic carbocycles. The monoisotopic (exact) mass is 388 g/mol. The van der Waals surface area contributed by atoms with Crippen LogP contribution in [0, 0.1) is 6.92 Å². The number of aromatic amines is 1. The molecular formula is C23H20N2O4. The number of H-pyrrole nitrogens is 1. The Morgan fingerprint density at radius 2 is 1.83 bits per heavy atom. The summed E-state index contributed by atoms with van der Waals surface area (Å²) >= 11 is 0. The van der Waals surface area contributed by atoms with Crippen LogP contribution in [-0.4, -0.2) is 15.1 Å². The number of hydrogen-bond donors (Lipinski definition) is 2. The quantitative estimate of drug-likeness (QED) is 0.508. The number of rotatable bonds is 6. The molecule has 29 heavy (non-hydrogen) atoms. The van der Waals surface area contributed by atoms with E-state index in [1.807, 2.05) is 73.7 Å². The van der Waals surface area contributed by atoms with E-state index >= 15 is 0 Å². The van der Waals surface area contributed by atoms with Gasteiger partial charge in [0.05, 0.1) is 5.69 Å². The number of benzene rings is 2. The highest BCUT2D eigenvalue weighted by atomic mass is 16.4. The van der Waals surface area contributed by atoms with Gasteiger partial charge in [-0.15, -0.1) is 0 Å². The van der Waals surface area contributed by atoms with Crippen molar-refractivity contribution in [1.82, 2.24) is 9.97 Å². The summed E-state index contributed by atoms with van der Waals surface area (Å²) < 4.78 is 10.7. The first-order chi connectivity index (χ1) is 14.1. The number of hydrogen-bond acceptors (Lipinski definition) is 5. The van der Waals surface area contributed by atoms with Gasteiger partial charge in [0.1, 0.15) is 5.76 Å². The molecule has 2 heterocycles. The summed E-state index contributed by atoms with van der Waals surface area (Å²) in [7, 11) is 0. The van der Waals surface area contributed by atoms with Crippen LogP contribution in [0.3, 0.4) is 0 Å². The Morgan fingerprint density at radius 3 is 2.52 bits per heavy atom. The average Bonchev–Trinajstić information content (AvgIpc) is 3.25. The van der Waals surface area contributed by atoms with E-state index in [1.165, 1.54) is 0 Å². The normalized spacial score (nSPS) is 11.3. The van der Waals surface area contributed by atoms with Crippen LogP contribution in [0.15, 0.2) is 74.3 Å². The highest BCUT2D eigenvalue weighted by Gasteiger charge is 2.10. The van der Waals surface area contributed by atoms with E-state index < -0.39 is 5.76 Å². The molecule has 0 unspecified atom stereocenters. The Hall–Kier alpha value is -3.80. The van der Waals surface area contributed by atoms with Gasteiger partial charge < -0.3 is 13.9 Å². The molecule has 0 bridgehead atoms. The SMILES string of the molecule is Cc1oc(-c2ccccc2)nc1CC=Cc1ccc(Cc2oc(=O)[nH]c2O)cc1. The lowest BCUT2D eigenvalue weighted by molar-refractivity contribution is 0.426. The number of nitrogens with zero attached hydrogens (tertiary/aromatic N) is 1. The van der Waals surface area contributed by atoms with Gasteiger partial charge in [0.15, 0.2) is 5.76 Å². The van der Waals surface area contributed by atoms with E-state index in [-0.39, 0.29) is 11.6 Å². The van der Waals surface area contributed by atoms with Crippen LogP contribution < -0.4 is 5.76 Å². The first kappa shape index (κ1) is 18.6. The largest absolute Gasteiger partial charge is 0.492 e. The van der Waals surface area contributed by atoms with Crippen LogP contribution in [0.2, 0.25) is 0 Å². The van der Waals surface area contributed by atoms with E-state index in [9.17, 15) is 9.90 Å². The summed E-state index contributed by atoms with van der Waals surface area (Å²) in [5.41, 5.74) is 3.85. The van der Waals surface area contributed by atoms with Crippen molar-refractivity contribution in [2.24, 2.45) is 0 Å². The van der Waals surface area contributed by atoms with Crippen molar-refractivity contribution in [2.75, 3.05) is 0 Å². The third-order valence-corrected chi connectivity index (χ3v) is 4.58. The second kappa shape index (κ2) is 8.06. The van der Waals surface area contributed by atoms with E-state index in [0.717, 1.165) is 28.1 Å². The predicted molar refractivity (Wildman–Crippen MR) is 110 cm³/mol. The van der Waals surface area contributed by atoms with Crippen molar-refractivity contribution >= 4 is 6.08 Å². The maximum absolute atomic E-state index is 11.1. The minimum Gasteiger partial charge on any atom is -0.492 e. The summed E-state index contributed by atoms with van der Waals surface area (Å²) in [5.74, 6) is 0.800. The summed E-state index contributed by atoms with van der Waals surface area (Å²) in [6, 6.07) is 17.6. The van der Waals surface area contributed by atoms with Crippen molar-refractivity contribution in [2.45, 2.75) is 19.8 Å². The third-order valence-electron chi connectivity index (χ3n) is 4.58. The number of allylic oxidation sites excluding steroid dienone is 1. The first-order valence-corrected chi connectivity index (χ1v) is 9.26. The maximum atomic E-state index is 11.1. The lowest BCUT2D eigenvalue weighted by Gasteiger charge is -2.00. The van der Waals surface area contributed by atoms with Crippen LogP contribution in [-0.2, 0) is 12.8 Å². The minimum absolute atomic E-state index is 0.225. The summed E-state index contributed by atoms with van der Waals surface area (Å²) in [4.78, 5) is 17.9. The fraction of sp³-hybridized carbons (Fsp3) is 0.130. The molecule has 0 aliphatic heterocycles. The molecule has 0 amide bonds. The molecule has 4 rings (SSSR count). The maximum Gasteiger partial charge on any atom is 0.419 e. The van der Waals surface area contributed by atoms with Gasteiger partial charge in [-0.25, -0.2) is 9.78 Å². The molecule has 146 valence electrons. The fourth-order valence-electron chi connectivity index (χ4n) is 3.03. The number of aryl methyl sites for hydroxylation is 1. The van der Waals surface area contributed by atoms with Crippen LogP contribution in [0.1, 0.15) is 28.3 Å². The second-order valence-electron chi connectivity index (χ2n) is 6.70. The van der Waals surface area contributed by atoms with E-state index in [4.69, 9.17) is 8.83 Å². The van der Waals surface area contributed by atoms with Gasteiger partial charge in [-0.2, -0.15) is 0 Å². The Kier molecular flexibility index (Phi) is 5.16. The highest BCUT2D eigenvalue weighted by molar-refractivity contribution is 5.54. The highest BCUT2D eigenvalue weighted by Crippen LogP contribution is 2.22. The Morgan fingerprint density at radius 1 is 1.07 bits per heavy atom. The molecule has 2 N–H and O–H groups in total. The zero-order valence-electron chi connectivity index (χ0n) is 15.9. The van der Waals surface area contributed by atoms with Gasteiger partial charge in [-0.3, -0.25) is 4.98 Å². The molecule has 0 spiro atoms. The standard InChI is InChI=1S/C23H20N2O4/c1-15-19(24-22(28-15)18-7-3-2-4-8-18)9-5-6-16-10-12-17(13-11-16)14-20-21(26)25-23(27)29-20/h2-8,10-13,26H,9,14H2,1H3,(H,25,27). The van der Waals surface area contributed by atoms with Crippen LogP contribution in [0.4, 0.5) is 0 Å². The molecule has 0 radical (unpaired) electrons. The summed E-state index contributed by atoms with van der Waals surface area (Å²) in [5, 5.41) is 9.59. The molecule has 0 atom stereocenters. The van der Waals surface area contributed by atoms with Crippen LogP contribution in [0.5, 0.6) is 5.88 Å². The number of oxazole rings is 2. The smallest absolute Gasteiger partial charge is 0.419 e. The molecule has 6 nitrogen and oxygen atoms in total. The Balaban J connectivity index is 1.40. The zero-order valence-corrected chi connectivity index (χ0v) is 15.9. The van der Waals surface area contributed by atoms with E-state index in [0.29, 0.717) is 18.7 Å². The fourth-order valence-corrected chi connectivity index (χ4v) is 3.03. The number of nitrogens with one attached hydrogen (secondary N) is 1. The molecule has 0 saturated carbocycles. The van der Waals surface area contributed by atoms with Crippen molar-refractivity contribution in [1.29, 1.82) is 0 Å². The van der Waals surface area contributed by atoms with Crippen molar-refractivity contribution in [3.8, 4) is 17.3 Å². The summed E-state index contributed by atoms with van der Waals surface area (Å²) in [6.07, 6.45) is 5.08. The topological polar surface area (TPSA) is 92.3 Å². The zero-order chi connectivity index (χ0) is 20.2.